The lowest BCUT2D eigenvalue weighted by atomic mass is 9.92. The van der Waals surface area contributed by atoms with Gasteiger partial charge in [-0.05, 0) is 32.1 Å². The Morgan fingerprint density at radius 1 is 1.44 bits per heavy atom. The van der Waals surface area contributed by atoms with Crippen LogP contribution in [0.3, 0.4) is 0 Å². The number of carbonyl (C=O) groups is 1. The van der Waals surface area contributed by atoms with Crippen LogP contribution in [-0.4, -0.2) is 43.2 Å². The Balaban J connectivity index is 0.00000289. The minimum atomic E-state index is -0.692. The van der Waals surface area contributed by atoms with Crippen molar-refractivity contribution < 1.29 is 9.53 Å². The molecule has 0 aromatic carbocycles. The maximum Gasteiger partial charge on any atom is 0.242 e. The molecule has 1 saturated heterocycles. The number of nitrogens with two attached hydrogens (primary N) is 1. The molecule has 0 radical (unpaired) electrons. The topological polar surface area (TPSA) is 55.6 Å². The second-order valence-corrected chi connectivity index (χ2v) is 5.36. The third-order valence-electron chi connectivity index (χ3n) is 3.56. The number of halogens is 1. The van der Waals surface area contributed by atoms with E-state index >= 15 is 0 Å². The molecular weight excluding hydrogens is 252 g/mol. The van der Waals surface area contributed by atoms with Crippen molar-refractivity contribution in [2.24, 2.45) is 11.7 Å². The summed E-state index contributed by atoms with van der Waals surface area (Å²) in [5.74, 6) is 0.703. The molecule has 4 nitrogen and oxygen atoms in total. The smallest absolute Gasteiger partial charge is 0.242 e. The van der Waals surface area contributed by atoms with Gasteiger partial charge < -0.3 is 15.4 Å². The lowest BCUT2D eigenvalue weighted by Crippen LogP contribution is -2.55. The maximum atomic E-state index is 12.2. The molecule has 1 unspecified atom stereocenters. The number of carbonyl (C=O) groups excluding carboxylic acids is 1. The Kier molecular flexibility index (Phi) is 7.83. The lowest BCUT2D eigenvalue weighted by molar-refractivity contribution is -0.138. The fourth-order valence-electron chi connectivity index (χ4n) is 2.53. The van der Waals surface area contributed by atoms with Crippen LogP contribution in [0.4, 0.5) is 0 Å². The Labute approximate surface area is 117 Å². The largest absolute Gasteiger partial charge is 0.384 e. The fraction of sp³-hybridized carbons (Fsp3) is 0.923. The molecule has 1 aliphatic heterocycles. The second-order valence-electron chi connectivity index (χ2n) is 5.36. The van der Waals surface area contributed by atoms with E-state index in [0.29, 0.717) is 5.92 Å². The highest BCUT2D eigenvalue weighted by atomic mass is 35.5. The molecule has 5 heteroatoms. The van der Waals surface area contributed by atoms with Crippen LogP contribution in [0, 0.1) is 5.92 Å². The van der Waals surface area contributed by atoms with Gasteiger partial charge in [-0.25, -0.2) is 0 Å². The highest BCUT2D eigenvalue weighted by Crippen LogP contribution is 2.21. The zero-order valence-corrected chi connectivity index (χ0v) is 12.6. The summed E-state index contributed by atoms with van der Waals surface area (Å²) in [5, 5.41) is 0. The monoisotopic (exact) mass is 278 g/mol. The summed E-state index contributed by atoms with van der Waals surface area (Å²) in [6.07, 6.45) is 3.76. The van der Waals surface area contributed by atoms with Crippen molar-refractivity contribution in [1.82, 2.24) is 4.90 Å². The van der Waals surface area contributed by atoms with Gasteiger partial charge in [-0.3, -0.25) is 4.79 Å². The van der Waals surface area contributed by atoms with Crippen molar-refractivity contribution in [1.29, 1.82) is 0 Å². The van der Waals surface area contributed by atoms with Crippen LogP contribution in [0.25, 0.3) is 0 Å². The molecular formula is C13H27ClN2O2. The number of ether oxygens (including phenoxy) is 1. The van der Waals surface area contributed by atoms with Gasteiger partial charge in [-0.2, -0.15) is 0 Å². The molecule has 1 heterocycles. The maximum absolute atomic E-state index is 12.2. The molecule has 0 aliphatic carbocycles. The predicted octanol–water partition coefficient (Wildman–Crippen LogP) is 1.81. The Bertz CT molecular complexity index is 251. The number of rotatable bonds is 5. The first-order valence-electron chi connectivity index (χ1n) is 6.58. The van der Waals surface area contributed by atoms with Gasteiger partial charge >= 0.3 is 0 Å². The average molecular weight is 279 g/mol. The Morgan fingerprint density at radius 2 is 2.00 bits per heavy atom. The van der Waals surface area contributed by atoms with Gasteiger partial charge in [0.15, 0.2) is 0 Å². The predicted molar refractivity (Wildman–Crippen MR) is 75.9 cm³/mol. The number of nitrogens with zero attached hydrogens (tertiary/aromatic N) is 1. The normalized spacial score (nSPS) is 20.1. The molecule has 0 spiro atoms. The Hall–Kier alpha value is -0.320. The van der Waals surface area contributed by atoms with Crippen molar-refractivity contribution in [2.75, 3.05) is 26.8 Å². The summed E-state index contributed by atoms with van der Waals surface area (Å²) in [7, 11) is 1.73. The SMILES string of the molecule is CCCC(C)(N)C(=O)N1CCC(COC)CC1.Cl. The first-order valence-corrected chi connectivity index (χ1v) is 6.58. The van der Waals surface area contributed by atoms with E-state index in [-0.39, 0.29) is 18.3 Å². The van der Waals surface area contributed by atoms with E-state index < -0.39 is 5.54 Å². The fourth-order valence-corrected chi connectivity index (χ4v) is 2.53. The molecule has 1 rings (SSSR count). The van der Waals surface area contributed by atoms with Crippen LogP contribution in [0.2, 0.25) is 0 Å². The average Bonchev–Trinajstić information content (AvgIpc) is 2.29. The molecule has 1 fully saturated rings. The Morgan fingerprint density at radius 3 is 2.44 bits per heavy atom. The third kappa shape index (κ3) is 4.75. The summed E-state index contributed by atoms with van der Waals surface area (Å²) < 4.78 is 5.15. The number of hydrogen-bond donors (Lipinski definition) is 1. The van der Waals surface area contributed by atoms with Gasteiger partial charge in [0.1, 0.15) is 0 Å². The second kappa shape index (κ2) is 7.97. The molecule has 2 N–H and O–H groups in total. The zero-order chi connectivity index (χ0) is 12.9. The summed E-state index contributed by atoms with van der Waals surface area (Å²) in [5.41, 5.74) is 5.39. The summed E-state index contributed by atoms with van der Waals surface area (Å²) in [6.45, 7) is 6.35. The highest BCUT2D eigenvalue weighted by Gasteiger charge is 2.33. The van der Waals surface area contributed by atoms with Gasteiger partial charge in [-0.1, -0.05) is 13.3 Å². The molecule has 1 amide bonds. The quantitative estimate of drug-likeness (QED) is 0.834. The van der Waals surface area contributed by atoms with E-state index in [1.54, 1.807) is 7.11 Å². The number of likely N-dealkylation sites (tertiary alicyclic amines) is 1. The van der Waals surface area contributed by atoms with Crippen LogP contribution in [-0.2, 0) is 9.53 Å². The van der Waals surface area contributed by atoms with Crippen LogP contribution >= 0.6 is 12.4 Å². The van der Waals surface area contributed by atoms with Crippen LogP contribution < -0.4 is 5.73 Å². The van der Waals surface area contributed by atoms with Crippen LogP contribution in [0.15, 0.2) is 0 Å². The molecule has 0 aromatic heterocycles. The number of amides is 1. The highest BCUT2D eigenvalue weighted by molar-refractivity contribution is 5.86. The minimum absolute atomic E-state index is 0. The van der Waals surface area contributed by atoms with E-state index in [1.807, 2.05) is 11.8 Å². The molecule has 1 aliphatic rings. The van der Waals surface area contributed by atoms with Crippen molar-refractivity contribution in [3.05, 3.63) is 0 Å². The third-order valence-corrected chi connectivity index (χ3v) is 3.56. The molecule has 0 saturated carbocycles. The van der Waals surface area contributed by atoms with Crippen molar-refractivity contribution in [3.8, 4) is 0 Å². The van der Waals surface area contributed by atoms with Gasteiger partial charge in [-0.15, -0.1) is 12.4 Å². The number of hydrogen-bond acceptors (Lipinski definition) is 3. The summed E-state index contributed by atoms with van der Waals surface area (Å²) >= 11 is 0. The summed E-state index contributed by atoms with van der Waals surface area (Å²) in [4.78, 5) is 14.2. The molecule has 0 aromatic rings. The van der Waals surface area contributed by atoms with E-state index in [1.165, 1.54) is 0 Å². The molecule has 108 valence electrons. The molecule has 1 atom stereocenters. The number of piperidine rings is 1. The van der Waals surface area contributed by atoms with Crippen molar-refractivity contribution in [2.45, 2.75) is 45.1 Å². The van der Waals surface area contributed by atoms with E-state index in [2.05, 4.69) is 6.92 Å². The first-order chi connectivity index (χ1) is 8.01. The van der Waals surface area contributed by atoms with Crippen LogP contribution in [0.5, 0.6) is 0 Å². The van der Waals surface area contributed by atoms with Gasteiger partial charge in [0.25, 0.3) is 0 Å². The minimum Gasteiger partial charge on any atom is -0.384 e. The van der Waals surface area contributed by atoms with E-state index in [9.17, 15) is 4.79 Å². The van der Waals surface area contributed by atoms with Gasteiger partial charge in [0, 0.05) is 26.8 Å². The summed E-state index contributed by atoms with van der Waals surface area (Å²) in [6, 6.07) is 0. The lowest BCUT2D eigenvalue weighted by Gasteiger charge is -2.36. The van der Waals surface area contributed by atoms with Crippen molar-refractivity contribution in [3.63, 3.8) is 0 Å². The first kappa shape index (κ1) is 17.7. The van der Waals surface area contributed by atoms with Gasteiger partial charge in [0.05, 0.1) is 5.54 Å². The van der Waals surface area contributed by atoms with Crippen molar-refractivity contribution >= 4 is 18.3 Å². The molecule has 18 heavy (non-hydrogen) atoms. The van der Waals surface area contributed by atoms with Crippen LogP contribution in [0.1, 0.15) is 39.5 Å². The van der Waals surface area contributed by atoms with E-state index in [4.69, 9.17) is 10.5 Å². The van der Waals surface area contributed by atoms with E-state index in [0.717, 1.165) is 45.4 Å². The number of methoxy groups -OCH3 is 1. The standard InChI is InChI=1S/C13H26N2O2.ClH/c1-4-7-13(2,14)12(16)15-8-5-11(6-9-15)10-17-3;/h11H,4-10,14H2,1-3H3;1H. The molecule has 0 bridgehead atoms. The van der Waals surface area contributed by atoms with Gasteiger partial charge in [0.2, 0.25) is 5.91 Å². The zero-order valence-electron chi connectivity index (χ0n) is 11.8.